The quantitative estimate of drug-likeness (QED) is 0.132. The number of unbranched alkanes of at least 4 members (excludes halogenated alkanes) is 12. The second-order valence-electron chi connectivity index (χ2n) is 6.83. The normalized spacial score (nSPS) is 12.2. The van der Waals surface area contributed by atoms with Crippen molar-refractivity contribution in [1.82, 2.24) is 0 Å². The van der Waals surface area contributed by atoms with Crippen LogP contribution in [-0.2, 0) is 9.09 Å². The lowest BCUT2D eigenvalue weighted by Gasteiger charge is -1.99. The van der Waals surface area contributed by atoms with Gasteiger partial charge in [0.25, 0.3) is 0 Å². The lowest BCUT2D eigenvalue weighted by atomic mass is 10.1. The molecule has 0 N–H and O–H groups in total. The Bertz CT molecular complexity index is 290. The van der Waals surface area contributed by atoms with Crippen LogP contribution in [0.1, 0.15) is 110 Å². The van der Waals surface area contributed by atoms with Gasteiger partial charge >= 0.3 is 8.03 Å². The van der Waals surface area contributed by atoms with Crippen LogP contribution in [0, 0.1) is 0 Å². The van der Waals surface area contributed by atoms with E-state index in [4.69, 9.17) is 4.52 Å². The third kappa shape index (κ3) is 19.8. The Balaban J connectivity index is 3.11. The third-order valence-electron chi connectivity index (χ3n) is 4.30. The minimum Gasteiger partial charge on any atom is -0.146 e. The van der Waals surface area contributed by atoms with Gasteiger partial charge in [-0.2, -0.15) is 0 Å². The Kier molecular flexibility index (Phi) is 20.7. The fraction of sp³-hybridized carbons (Fsp3) is 0.905. The summed E-state index contributed by atoms with van der Waals surface area (Å²) in [6.45, 7) is 4.99. The first-order chi connectivity index (χ1) is 11.8. The van der Waals surface area contributed by atoms with E-state index < -0.39 is 8.03 Å². The summed E-state index contributed by atoms with van der Waals surface area (Å²) < 4.78 is 16.6. The zero-order chi connectivity index (χ0) is 17.7. The smallest absolute Gasteiger partial charge is 0.146 e. The maximum absolute atomic E-state index is 11.3. The summed E-state index contributed by atoms with van der Waals surface area (Å²) in [7, 11) is -1.38. The van der Waals surface area contributed by atoms with Crippen LogP contribution in [-0.4, -0.2) is 12.8 Å². The van der Waals surface area contributed by atoms with E-state index in [9.17, 15) is 4.57 Å². The van der Waals surface area contributed by atoms with Crippen molar-refractivity contribution in [2.75, 3.05) is 12.8 Å². The molecule has 0 aromatic heterocycles. The number of hydrogen-bond acceptors (Lipinski definition) is 2. The molecule has 2 nitrogen and oxygen atoms in total. The van der Waals surface area contributed by atoms with Gasteiger partial charge in [0.2, 0.25) is 0 Å². The second kappa shape index (κ2) is 20.8. The van der Waals surface area contributed by atoms with E-state index in [0.717, 1.165) is 12.8 Å². The van der Waals surface area contributed by atoms with Crippen molar-refractivity contribution in [3.8, 4) is 0 Å². The van der Waals surface area contributed by atoms with Crippen LogP contribution < -0.4 is 0 Å². The van der Waals surface area contributed by atoms with Crippen LogP contribution in [0.25, 0.3) is 0 Å². The minimum absolute atomic E-state index is 0.677. The predicted molar refractivity (Wildman–Crippen MR) is 108 cm³/mol. The Morgan fingerprint density at radius 1 is 0.667 bits per heavy atom. The average Bonchev–Trinajstić information content (AvgIpc) is 2.58. The van der Waals surface area contributed by atoms with Gasteiger partial charge in [0, 0.05) is 0 Å². The van der Waals surface area contributed by atoms with Gasteiger partial charge in [0.05, 0.1) is 0 Å². The van der Waals surface area contributed by atoms with E-state index in [1.54, 1.807) is 0 Å². The summed E-state index contributed by atoms with van der Waals surface area (Å²) in [6, 6.07) is 0. The van der Waals surface area contributed by atoms with E-state index in [2.05, 4.69) is 19.1 Å². The molecule has 0 aliphatic heterocycles. The summed E-state index contributed by atoms with van der Waals surface area (Å²) in [5.74, 6) is 0. The summed E-state index contributed by atoms with van der Waals surface area (Å²) in [5, 5.41) is 0. The second-order valence-corrected chi connectivity index (χ2v) is 8.20. The molecule has 0 rings (SSSR count). The summed E-state index contributed by atoms with van der Waals surface area (Å²) in [5.41, 5.74) is 0. The molecule has 3 heteroatoms. The SMILES string of the molecule is CCCCCCCC/C=C\CCCCCCCCO[P+](=O)CCC. The summed E-state index contributed by atoms with van der Waals surface area (Å²) in [4.78, 5) is 0. The average molecular weight is 358 g/mol. The lowest BCUT2D eigenvalue weighted by Crippen LogP contribution is -1.89. The van der Waals surface area contributed by atoms with Crippen molar-refractivity contribution < 1.29 is 9.09 Å². The molecule has 0 aromatic carbocycles. The molecule has 0 aliphatic carbocycles. The molecular formula is C21H42O2P+. The first kappa shape index (κ1) is 23.8. The third-order valence-corrected chi connectivity index (χ3v) is 5.58. The number of rotatable bonds is 19. The standard InChI is InChI=1S/C21H42O2P/c1-3-5-6-7-8-9-10-11-12-13-14-15-16-17-18-19-20-23-24(22)21-4-2/h11-12H,3-10,13-21H2,1-2H3/q+1/b12-11-. The van der Waals surface area contributed by atoms with E-state index in [-0.39, 0.29) is 0 Å². The molecule has 0 amide bonds. The van der Waals surface area contributed by atoms with E-state index in [1.165, 1.54) is 83.5 Å². The highest BCUT2D eigenvalue weighted by molar-refractivity contribution is 7.39. The van der Waals surface area contributed by atoms with Crippen LogP contribution in [0.15, 0.2) is 12.2 Å². The van der Waals surface area contributed by atoms with Gasteiger partial charge < -0.3 is 0 Å². The molecule has 0 heterocycles. The van der Waals surface area contributed by atoms with Crippen molar-refractivity contribution in [3.05, 3.63) is 12.2 Å². The van der Waals surface area contributed by atoms with Gasteiger partial charge in [0.15, 0.2) is 6.16 Å². The van der Waals surface area contributed by atoms with Crippen molar-refractivity contribution in [3.63, 3.8) is 0 Å². The maximum Gasteiger partial charge on any atom is 0.508 e. The highest BCUT2D eigenvalue weighted by Gasteiger charge is 2.13. The molecule has 0 spiro atoms. The molecule has 1 atom stereocenters. The van der Waals surface area contributed by atoms with Gasteiger partial charge in [-0.25, -0.2) is 0 Å². The van der Waals surface area contributed by atoms with Crippen molar-refractivity contribution in [2.45, 2.75) is 110 Å². The highest BCUT2D eigenvalue weighted by atomic mass is 31.1. The fourth-order valence-electron chi connectivity index (χ4n) is 2.76. The van der Waals surface area contributed by atoms with Crippen LogP contribution in [0.5, 0.6) is 0 Å². The molecule has 24 heavy (non-hydrogen) atoms. The summed E-state index contributed by atoms with van der Waals surface area (Å²) in [6.07, 6.45) is 24.8. The Hall–Kier alpha value is -0.200. The molecular weight excluding hydrogens is 315 g/mol. The monoisotopic (exact) mass is 357 g/mol. The number of allylic oxidation sites excluding steroid dienone is 2. The molecule has 0 aromatic rings. The molecule has 0 saturated heterocycles. The molecule has 0 fully saturated rings. The van der Waals surface area contributed by atoms with Crippen molar-refractivity contribution in [1.29, 1.82) is 0 Å². The van der Waals surface area contributed by atoms with Gasteiger partial charge in [-0.15, -0.1) is 4.52 Å². The van der Waals surface area contributed by atoms with Crippen LogP contribution in [0.3, 0.4) is 0 Å². The Labute approximate surface area is 152 Å². The fourth-order valence-corrected chi connectivity index (χ4v) is 3.59. The highest BCUT2D eigenvalue weighted by Crippen LogP contribution is 2.23. The zero-order valence-corrected chi connectivity index (χ0v) is 17.3. The number of hydrogen-bond donors (Lipinski definition) is 0. The molecule has 0 saturated carbocycles. The molecule has 142 valence electrons. The molecule has 0 bridgehead atoms. The topological polar surface area (TPSA) is 26.3 Å². The van der Waals surface area contributed by atoms with Gasteiger partial charge in [0.1, 0.15) is 6.61 Å². The first-order valence-electron chi connectivity index (χ1n) is 10.5. The van der Waals surface area contributed by atoms with Crippen molar-refractivity contribution in [2.24, 2.45) is 0 Å². The Morgan fingerprint density at radius 2 is 1.17 bits per heavy atom. The van der Waals surface area contributed by atoms with E-state index >= 15 is 0 Å². The molecule has 0 radical (unpaired) electrons. The maximum atomic E-state index is 11.3. The molecule has 0 aliphatic rings. The lowest BCUT2D eigenvalue weighted by molar-refractivity contribution is 0.315. The van der Waals surface area contributed by atoms with Crippen molar-refractivity contribution >= 4 is 8.03 Å². The van der Waals surface area contributed by atoms with Crippen LogP contribution in [0.2, 0.25) is 0 Å². The van der Waals surface area contributed by atoms with Gasteiger partial charge in [-0.3, -0.25) is 0 Å². The molecule has 1 unspecified atom stereocenters. The minimum atomic E-state index is -1.38. The first-order valence-corrected chi connectivity index (χ1v) is 11.9. The van der Waals surface area contributed by atoms with Gasteiger partial charge in [-0.1, -0.05) is 83.8 Å². The largest absolute Gasteiger partial charge is 0.508 e. The van der Waals surface area contributed by atoms with E-state index in [1.807, 2.05) is 6.92 Å². The van der Waals surface area contributed by atoms with Crippen LogP contribution in [0.4, 0.5) is 0 Å². The summed E-state index contributed by atoms with van der Waals surface area (Å²) >= 11 is 0. The van der Waals surface area contributed by atoms with Gasteiger partial charge in [-0.05, 0) is 43.1 Å². The van der Waals surface area contributed by atoms with Crippen LogP contribution >= 0.6 is 8.03 Å². The zero-order valence-electron chi connectivity index (χ0n) is 16.4. The van der Waals surface area contributed by atoms with E-state index in [0.29, 0.717) is 12.8 Å². The predicted octanol–water partition coefficient (Wildman–Crippen LogP) is 8.19. The Morgan fingerprint density at radius 3 is 1.71 bits per heavy atom.